The first-order valence-corrected chi connectivity index (χ1v) is 3.58. The van der Waals surface area contributed by atoms with E-state index in [1.807, 2.05) is 0 Å². The third-order valence-electron chi connectivity index (χ3n) is 1.81. The van der Waals surface area contributed by atoms with Crippen molar-refractivity contribution in [2.24, 2.45) is 0 Å². The molecule has 0 saturated carbocycles. The minimum atomic E-state index is -5.19. The molecule has 14 heavy (non-hydrogen) atoms. The Balaban J connectivity index is 0.00000169. The van der Waals surface area contributed by atoms with Crippen molar-refractivity contribution in [2.75, 3.05) is 5.73 Å². The summed E-state index contributed by atoms with van der Waals surface area (Å²) < 4.78 is 49.3. The van der Waals surface area contributed by atoms with Crippen LogP contribution < -0.4 is 62.6 Å². The molecular weight excluding hydrogens is 224 g/mol. The summed E-state index contributed by atoms with van der Waals surface area (Å²) in [6, 6.07) is 1.34. The Morgan fingerprint density at radius 2 is 1.71 bits per heavy atom. The summed E-state index contributed by atoms with van der Waals surface area (Å²) in [6.07, 6.45) is 0. The molecule has 0 amide bonds. The van der Waals surface area contributed by atoms with E-state index in [-0.39, 0.29) is 62.6 Å². The van der Waals surface area contributed by atoms with E-state index in [1.54, 1.807) is 0 Å². The summed E-state index contributed by atoms with van der Waals surface area (Å²) in [6.45, 7) is -3.97. The molecule has 1 aromatic carbocycles. The summed E-state index contributed by atoms with van der Waals surface area (Å²) in [7, 11) is 0. The van der Waals surface area contributed by atoms with Crippen LogP contribution in [0.15, 0.2) is 12.1 Å². The van der Waals surface area contributed by atoms with Crippen LogP contribution in [0.3, 0.4) is 0 Å². The molecule has 0 aliphatic carbocycles. The maximum Gasteiger partial charge on any atom is 1.00 e. The van der Waals surface area contributed by atoms with Crippen molar-refractivity contribution in [1.29, 1.82) is 0 Å². The Morgan fingerprint density at radius 1 is 1.21 bits per heavy atom. The zero-order valence-electron chi connectivity index (χ0n) is 7.82. The van der Waals surface area contributed by atoms with Gasteiger partial charge in [0.1, 0.15) is 5.82 Å². The number of benzene rings is 1. The van der Waals surface area contributed by atoms with Crippen molar-refractivity contribution in [3.8, 4) is 0 Å². The largest absolute Gasteiger partial charge is 1.00 e. The van der Waals surface area contributed by atoms with Crippen LogP contribution in [0.2, 0.25) is 0 Å². The molecular formula is C7H7BF4KN. The maximum atomic E-state index is 12.6. The minimum absolute atomic E-state index is 0. The number of hydrogen-bond donors (Lipinski definition) is 1. The normalized spacial score (nSPS) is 10.9. The maximum absolute atomic E-state index is 12.6. The second kappa shape index (κ2) is 4.98. The van der Waals surface area contributed by atoms with Crippen LogP contribution in [-0.2, 0) is 0 Å². The van der Waals surface area contributed by atoms with Gasteiger partial charge in [0.25, 0.3) is 0 Å². The fourth-order valence-corrected chi connectivity index (χ4v) is 1.06. The van der Waals surface area contributed by atoms with Crippen LogP contribution in [0.4, 0.5) is 23.0 Å². The molecule has 0 fully saturated rings. The SMILES string of the molecule is Cc1c(N)cc(F)cc1[B-](F)(F)F.[K+]. The van der Waals surface area contributed by atoms with E-state index in [2.05, 4.69) is 0 Å². The van der Waals surface area contributed by atoms with E-state index in [9.17, 15) is 17.3 Å². The van der Waals surface area contributed by atoms with Crippen molar-refractivity contribution in [3.63, 3.8) is 0 Å². The molecule has 2 N–H and O–H groups in total. The number of rotatable bonds is 1. The van der Waals surface area contributed by atoms with Gasteiger partial charge in [0.15, 0.2) is 0 Å². The van der Waals surface area contributed by atoms with Gasteiger partial charge in [-0.15, -0.1) is 5.46 Å². The van der Waals surface area contributed by atoms with Crippen LogP contribution in [0.25, 0.3) is 0 Å². The van der Waals surface area contributed by atoms with Gasteiger partial charge >= 0.3 is 58.4 Å². The molecule has 0 bridgehead atoms. The Hall–Kier alpha value is 0.441. The number of hydrogen-bond acceptors (Lipinski definition) is 1. The second-order valence-corrected chi connectivity index (χ2v) is 2.78. The van der Waals surface area contributed by atoms with Gasteiger partial charge in [-0.05, 0) is 13.0 Å². The van der Waals surface area contributed by atoms with Gasteiger partial charge in [0.2, 0.25) is 0 Å². The summed E-state index contributed by atoms with van der Waals surface area (Å²) in [5.41, 5.74) is 3.94. The van der Waals surface area contributed by atoms with Gasteiger partial charge in [0, 0.05) is 5.69 Å². The van der Waals surface area contributed by atoms with E-state index in [0.29, 0.717) is 6.07 Å². The fourth-order valence-electron chi connectivity index (χ4n) is 1.06. The third-order valence-corrected chi connectivity index (χ3v) is 1.81. The minimum Gasteiger partial charge on any atom is -0.445 e. The van der Waals surface area contributed by atoms with Crippen LogP contribution in [0, 0.1) is 12.7 Å². The van der Waals surface area contributed by atoms with Crippen LogP contribution >= 0.6 is 0 Å². The average molecular weight is 231 g/mol. The molecule has 7 heteroatoms. The van der Waals surface area contributed by atoms with Gasteiger partial charge < -0.3 is 18.7 Å². The molecule has 0 atom stereocenters. The van der Waals surface area contributed by atoms with E-state index < -0.39 is 18.3 Å². The van der Waals surface area contributed by atoms with Crippen LogP contribution in [0.5, 0.6) is 0 Å². The smallest absolute Gasteiger partial charge is 0.445 e. The van der Waals surface area contributed by atoms with E-state index >= 15 is 0 Å². The standard InChI is InChI=1S/C7H7BF4N.K/c1-4-6(8(10,11)12)2-5(9)3-7(4)13;/h2-3H,13H2,1H3;/q-1;+1. The third kappa shape index (κ3) is 3.23. The van der Waals surface area contributed by atoms with Crippen molar-refractivity contribution in [1.82, 2.24) is 0 Å². The first kappa shape index (κ1) is 14.4. The van der Waals surface area contributed by atoms with Gasteiger partial charge in [-0.3, -0.25) is 0 Å². The van der Waals surface area contributed by atoms with Crippen LogP contribution in [-0.4, -0.2) is 6.98 Å². The summed E-state index contributed by atoms with van der Waals surface area (Å²) in [5, 5.41) is 0. The molecule has 0 heterocycles. The zero-order valence-corrected chi connectivity index (χ0v) is 10.9. The van der Waals surface area contributed by atoms with Crippen molar-refractivity contribution >= 4 is 18.1 Å². The predicted molar refractivity (Wildman–Crippen MR) is 44.3 cm³/mol. The number of anilines is 1. The molecule has 0 aromatic heterocycles. The Kier molecular flexibility index (Phi) is 5.14. The Bertz CT molecular complexity index is 339. The molecule has 0 unspecified atom stereocenters. The Labute approximate surface area is 122 Å². The predicted octanol–water partition coefficient (Wildman–Crippen LogP) is -1.23. The van der Waals surface area contributed by atoms with Gasteiger partial charge in [-0.25, -0.2) is 4.39 Å². The fraction of sp³-hybridized carbons (Fsp3) is 0.143. The molecule has 0 aliphatic heterocycles. The molecule has 1 nitrogen and oxygen atoms in total. The van der Waals surface area contributed by atoms with Crippen molar-refractivity contribution in [3.05, 3.63) is 23.5 Å². The first-order valence-electron chi connectivity index (χ1n) is 3.58. The molecule has 1 rings (SSSR count). The van der Waals surface area contributed by atoms with Crippen molar-refractivity contribution < 1.29 is 68.7 Å². The van der Waals surface area contributed by atoms with E-state index in [1.165, 1.54) is 6.92 Å². The first-order chi connectivity index (χ1) is 5.82. The van der Waals surface area contributed by atoms with E-state index in [4.69, 9.17) is 5.73 Å². The summed E-state index contributed by atoms with van der Waals surface area (Å²) in [4.78, 5) is 0. The molecule has 0 spiro atoms. The Morgan fingerprint density at radius 3 is 2.14 bits per heavy atom. The summed E-state index contributed by atoms with van der Waals surface area (Å²) >= 11 is 0. The zero-order chi connectivity index (χ0) is 10.2. The topological polar surface area (TPSA) is 26.0 Å². The molecule has 0 saturated heterocycles. The summed E-state index contributed by atoms with van der Waals surface area (Å²) in [5.74, 6) is -0.961. The quantitative estimate of drug-likeness (QED) is 0.366. The van der Waals surface area contributed by atoms with Gasteiger partial charge in [-0.2, -0.15) is 0 Å². The second-order valence-electron chi connectivity index (χ2n) is 2.78. The van der Waals surface area contributed by atoms with Gasteiger partial charge in [0.05, 0.1) is 0 Å². The molecule has 1 aromatic rings. The number of nitrogen functional groups attached to an aromatic ring is 1. The average Bonchev–Trinajstić information content (AvgIpc) is 1.94. The molecule has 0 aliphatic rings. The monoisotopic (exact) mass is 231 g/mol. The van der Waals surface area contributed by atoms with Gasteiger partial charge in [-0.1, -0.05) is 11.6 Å². The number of halogens is 4. The number of nitrogens with two attached hydrogens (primary N) is 1. The van der Waals surface area contributed by atoms with Crippen molar-refractivity contribution in [2.45, 2.75) is 6.92 Å². The van der Waals surface area contributed by atoms with Crippen LogP contribution in [0.1, 0.15) is 5.56 Å². The van der Waals surface area contributed by atoms with E-state index in [0.717, 1.165) is 6.07 Å². The molecule has 0 radical (unpaired) electrons. The molecule has 72 valence electrons.